The molecule has 1 fully saturated rings. The Balaban J connectivity index is 2.03. The molecule has 0 bridgehead atoms. The topological polar surface area (TPSA) is 63.2 Å². The van der Waals surface area contributed by atoms with Crippen LogP contribution in [0.1, 0.15) is 11.6 Å². The molecule has 0 saturated carbocycles. The van der Waals surface area contributed by atoms with Crippen LogP contribution in [-0.4, -0.2) is 37.2 Å². The van der Waals surface area contributed by atoms with Crippen LogP contribution in [0.25, 0.3) is 0 Å². The number of carbonyl (C=O) groups is 1. The van der Waals surface area contributed by atoms with Crippen LogP contribution in [0.5, 0.6) is 0 Å². The van der Waals surface area contributed by atoms with E-state index in [2.05, 4.69) is 36.3 Å². The van der Waals surface area contributed by atoms with E-state index in [-0.39, 0.29) is 18.1 Å². The van der Waals surface area contributed by atoms with Crippen LogP contribution in [0.3, 0.4) is 0 Å². The van der Waals surface area contributed by atoms with Crippen molar-refractivity contribution in [3.63, 3.8) is 0 Å². The molecule has 0 amide bonds. The average Bonchev–Trinajstić information content (AvgIpc) is 2.37. The zero-order valence-electron chi connectivity index (χ0n) is 9.74. The lowest BCUT2D eigenvalue weighted by molar-refractivity contribution is -0.143. The van der Waals surface area contributed by atoms with Crippen LogP contribution >= 0.6 is 27.5 Å². The van der Waals surface area contributed by atoms with E-state index in [9.17, 15) is 4.79 Å². The van der Waals surface area contributed by atoms with Crippen molar-refractivity contribution in [3.05, 3.63) is 27.5 Å². The highest BCUT2D eigenvalue weighted by molar-refractivity contribution is 9.10. The predicted octanol–water partition coefficient (Wildman–Crippen LogP) is 1.27. The summed E-state index contributed by atoms with van der Waals surface area (Å²) in [6.45, 7) is 1.15. The summed E-state index contributed by atoms with van der Waals surface area (Å²) in [6, 6.07) is 3.52. The average molecular weight is 335 g/mol. The van der Waals surface area contributed by atoms with Gasteiger partial charge in [-0.3, -0.25) is 4.79 Å². The smallest absolute Gasteiger partial charge is 0.324 e. The van der Waals surface area contributed by atoms with Crippen molar-refractivity contribution >= 4 is 33.5 Å². The third-order valence-corrected chi connectivity index (χ3v) is 3.41. The Hall–Kier alpha value is -0.690. The first-order chi connectivity index (χ1) is 8.60. The number of ether oxygens (including phenoxy) is 1. The van der Waals surface area contributed by atoms with E-state index in [0.29, 0.717) is 22.8 Å². The van der Waals surface area contributed by atoms with Crippen molar-refractivity contribution < 1.29 is 9.53 Å². The van der Waals surface area contributed by atoms with Crippen LogP contribution in [0.15, 0.2) is 16.7 Å². The Morgan fingerprint density at radius 3 is 2.83 bits per heavy atom. The maximum absolute atomic E-state index is 11.4. The summed E-state index contributed by atoms with van der Waals surface area (Å²) in [5, 5.41) is 6.87. The number of rotatable bonds is 2. The lowest BCUT2D eigenvalue weighted by atomic mass is 10.1. The standard InChI is InChI=1S/C11H13BrClN3O2/c1-18-11(17)8-5-14-7(4-15-8)6-2-9(12)16-10(13)3-6/h2-3,7-8,14-15H,4-5H2,1H3. The Labute approximate surface area is 118 Å². The van der Waals surface area contributed by atoms with Crippen LogP contribution in [0, 0.1) is 0 Å². The molecule has 2 unspecified atom stereocenters. The Morgan fingerprint density at radius 2 is 2.28 bits per heavy atom. The molecule has 0 radical (unpaired) electrons. The summed E-state index contributed by atoms with van der Waals surface area (Å²) in [4.78, 5) is 15.4. The van der Waals surface area contributed by atoms with Crippen LogP contribution < -0.4 is 10.6 Å². The molecule has 18 heavy (non-hydrogen) atoms. The fourth-order valence-corrected chi connectivity index (χ4v) is 2.67. The van der Waals surface area contributed by atoms with Crippen molar-refractivity contribution in [2.75, 3.05) is 20.2 Å². The third-order valence-electron chi connectivity index (χ3n) is 2.81. The Kier molecular flexibility index (Phi) is 4.55. The van der Waals surface area contributed by atoms with Gasteiger partial charge in [-0.15, -0.1) is 0 Å². The largest absolute Gasteiger partial charge is 0.468 e. The summed E-state index contributed by atoms with van der Waals surface area (Å²) in [7, 11) is 1.38. The van der Waals surface area contributed by atoms with Crippen LogP contribution in [0.2, 0.25) is 5.15 Å². The van der Waals surface area contributed by atoms with Gasteiger partial charge in [-0.05, 0) is 33.6 Å². The van der Waals surface area contributed by atoms with Gasteiger partial charge < -0.3 is 15.4 Å². The molecule has 98 valence electrons. The molecular weight excluding hydrogens is 321 g/mol. The second kappa shape index (κ2) is 5.97. The predicted molar refractivity (Wildman–Crippen MR) is 71.5 cm³/mol. The minimum Gasteiger partial charge on any atom is -0.468 e. The number of methoxy groups -OCH3 is 1. The maximum Gasteiger partial charge on any atom is 0.324 e. The number of hydrogen-bond donors (Lipinski definition) is 2. The van der Waals surface area contributed by atoms with Crippen molar-refractivity contribution in [1.29, 1.82) is 0 Å². The number of nitrogens with one attached hydrogen (secondary N) is 2. The van der Waals surface area contributed by atoms with Gasteiger partial charge in [0.2, 0.25) is 0 Å². The van der Waals surface area contributed by atoms with Crippen molar-refractivity contribution in [1.82, 2.24) is 15.6 Å². The maximum atomic E-state index is 11.4. The number of hydrogen-bond acceptors (Lipinski definition) is 5. The van der Waals surface area contributed by atoms with Gasteiger partial charge in [-0.25, -0.2) is 4.98 Å². The van der Waals surface area contributed by atoms with E-state index in [0.717, 1.165) is 5.56 Å². The van der Waals surface area contributed by atoms with Gasteiger partial charge in [-0.1, -0.05) is 11.6 Å². The monoisotopic (exact) mass is 333 g/mol. The Bertz CT molecular complexity index is 430. The molecule has 0 spiro atoms. The molecule has 2 N–H and O–H groups in total. The molecule has 0 aliphatic carbocycles. The fraction of sp³-hybridized carbons (Fsp3) is 0.455. The van der Waals surface area contributed by atoms with E-state index in [4.69, 9.17) is 11.6 Å². The fourth-order valence-electron chi connectivity index (χ4n) is 1.89. The van der Waals surface area contributed by atoms with Crippen molar-refractivity contribution in [3.8, 4) is 0 Å². The number of nitrogens with zero attached hydrogens (tertiary/aromatic N) is 1. The molecule has 2 heterocycles. The zero-order chi connectivity index (χ0) is 13.1. The molecule has 2 atom stereocenters. The third kappa shape index (κ3) is 3.20. The van der Waals surface area contributed by atoms with Gasteiger partial charge in [0, 0.05) is 19.1 Å². The molecule has 5 nitrogen and oxygen atoms in total. The second-order valence-corrected chi connectivity index (χ2v) is 5.19. The van der Waals surface area contributed by atoms with Gasteiger partial charge >= 0.3 is 5.97 Å². The highest BCUT2D eigenvalue weighted by Gasteiger charge is 2.26. The van der Waals surface area contributed by atoms with Gasteiger partial charge in [0.15, 0.2) is 0 Å². The number of carbonyl (C=O) groups excluding carboxylic acids is 1. The first kappa shape index (κ1) is 13.7. The highest BCUT2D eigenvalue weighted by Crippen LogP contribution is 2.21. The summed E-state index contributed by atoms with van der Waals surface area (Å²) in [5.74, 6) is -0.255. The quantitative estimate of drug-likeness (QED) is 0.630. The minimum absolute atomic E-state index is 0.0997. The molecule has 1 aromatic rings. The van der Waals surface area contributed by atoms with E-state index in [1.54, 1.807) is 0 Å². The van der Waals surface area contributed by atoms with Crippen LogP contribution in [0.4, 0.5) is 0 Å². The van der Waals surface area contributed by atoms with E-state index in [1.807, 2.05) is 12.1 Å². The second-order valence-electron chi connectivity index (χ2n) is 3.99. The number of aromatic nitrogens is 1. The lowest BCUT2D eigenvalue weighted by Crippen LogP contribution is -2.54. The summed E-state index contributed by atoms with van der Waals surface area (Å²) in [5.41, 5.74) is 1.03. The molecule has 1 aliphatic heterocycles. The first-order valence-electron chi connectivity index (χ1n) is 5.47. The van der Waals surface area contributed by atoms with Gasteiger partial charge in [0.25, 0.3) is 0 Å². The summed E-state index contributed by atoms with van der Waals surface area (Å²) < 4.78 is 5.39. The zero-order valence-corrected chi connectivity index (χ0v) is 12.1. The molecular formula is C11H13BrClN3O2. The molecule has 2 rings (SSSR count). The SMILES string of the molecule is COC(=O)C1CNC(c2cc(Cl)nc(Br)c2)CN1. The number of halogens is 2. The minimum atomic E-state index is -0.299. The van der Waals surface area contributed by atoms with E-state index < -0.39 is 0 Å². The highest BCUT2D eigenvalue weighted by atomic mass is 79.9. The number of piperazine rings is 1. The lowest BCUT2D eigenvalue weighted by Gasteiger charge is -2.30. The van der Waals surface area contributed by atoms with Gasteiger partial charge in [-0.2, -0.15) is 0 Å². The van der Waals surface area contributed by atoms with Crippen LogP contribution in [-0.2, 0) is 9.53 Å². The number of esters is 1. The van der Waals surface area contributed by atoms with Crippen molar-refractivity contribution in [2.24, 2.45) is 0 Å². The molecule has 7 heteroatoms. The number of pyridine rings is 1. The van der Waals surface area contributed by atoms with Gasteiger partial charge in [0.05, 0.1) is 7.11 Å². The van der Waals surface area contributed by atoms with Crippen molar-refractivity contribution in [2.45, 2.75) is 12.1 Å². The van der Waals surface area contributed by atoms with Gasteiger partial charge in [0.1, 0.15) is 15.8 Å². The molecule has 1 aromatic heterocycles. The molecule has 1 saturated heterocycles. The Morgan fingerprint density at radius 1 is 1.50 bits per heavy atom. The normalized spacial score (nSPS) is 23.7. The van der Waals surface area contributed by atoms with E-state index in [1.165, 1.54) is 7.11 Å². The summed E-state index contributed by atoms with van der Waals surface area (Å²) >= 11 is 9.22. The summed E-state index contributed by atoms with van der Waals surface area (Å²) in [6.07, 6.45) is 0. The molecule has 1 aliphatic rings. The molecule has 0 aromatic carbocycles. The first-order valence-corrected chi connectivity index (χ1v) is 6.65. The van der Waals surface area contributed by atoms with E-state index >= 15 is 0 Å².